The van der Waals surface area contributed by atoms with Gasteiger partial charge in [-0.15, -0.1) is 0 Å². The minimum absolute atomic E-state index is 0.0370. The Hall–Kier alpha value is -0.850. The van der Waals surface area contributed by atoms with Gasteiger partial charge in [0, 0.05) is 5.57 Å². The first-order valence-corrected chi connectivity index (χ1v) is 2.03. The molecule has 0 aromatic carbocycles. The quantitative estimate of drug-likeness (QED) is 0.316. The molecule has 0 heterocycles. The third kappa shape index (κ3) is 1.93. The second kappa shape index (κ2) is 2.35. The maximum Gasteiger partial charge on any atom is 0.115 e. The summed E-state index contributed by atoms with van der Waals surface area (Å²) < 4.78 is 0. The van der Waals surface area contributed by atoms with Gasteiger partial charge in [0.25, 0.3) is 0 Å². The Labute approximate surface area is 44.0 Å². The van der Waals surface area contributed by atoms with Crippen LogP contribution in [-0.4, -0.2) is 5.11 Å². The summed E-state index contributed by atoms with van der Waals surface area (Å²) in [5.41, 5.74) is 0.597. The molecule has 0 aliphatic carbocycles. The van der Waals surface area contributed by atoms with Gasteiger partial charge in [0.05, 0.1) is 6.92 Å². The fourth-order valence-corrected chi connectivity index (χ4v) is 0.144. The maximum absolute atomic E-state index is 8.49. The molecule has 0 fully saturated rings. The van der Waals surface area contributed by atoms with Gasteiger partial charge in [-0.2, -0.15) is 0 Å². The third-order valence-electron chi connectivity index (χ3n) is 0.710. The van der Waals surface area contributed by atoms with Crippen molar-refractivity contribution in [3.63, 3.8) is 0 Å². The van der Waals surface area contributed by atoms with Crippen molar-refractivity contribution in [1.82, 2.24) is 0 Å². The molecule has 1 nitrogen and oxygen atoms in total. The number of rotatable bonds is 2. The van der Waals surface area contributed by atoms with Crippen molar-refractivity contribution in [1.29, 1.82) is 0 Å². The molecule has 1 N–H and O–H groups in total. The maximum atomic E-state index is 8.49. The predicted molar refractivity (Wildman–Crippen MR) is 30.9 cm³/mol. The molecule has 0 aromatic heterocycles. The summed E-state index contributed by atoms with van der Waals surface area (Å²) >= 11 is 0. The first-order chi connectivity index (χ1) is 3.18. The van der Waals surface area contributed by atoms with Gasteiger partial charge in [0.1, 0.15) is 12.2 Å². The van der Waals surface area contributed by atoms with Crippen LogP contribution in [0.25, 0.3) is 0 Å². The van der Waals surface area contributed by atoms with E-state index in [0.717, 1.165) is 0 Å². The van der Waals surface area contributed by atoms with Crippen LogP contribution in [0.15, 0.2) is 24.5 Å². The van der Waals surface area contributed by atoms with Gasteiger partial charge in [-0.25, -0.2) is 0 Å². The lowest BCUT2D eigenvalue weighted by Crippen LogP contribution is -1.79. The van der Waals surface area contributed by atoms with Crippen LogP contribution >= 0.6 is 0 Å². The molecular formula is C6H9O+. The van der Waals surface area contributed by atoms with E-state index < -0.39 is 0 Å². The third-order valence-corrected chi connectivity index (χ3v) is 0.710. The fourth-order valence-electron chi connectivity index (χ4n) is 0.144. The van der Waals surface area contributed by atoms with Gasteiger partial charge in [-0.1, -0.05) is 13.2 Å². The Balaban J connectivity index is 3.58. The topological polar surface area (TPSA) is 20.2 Å². The van der Waals surface area contributed by atoms with E-state index in [2.05, 4.69) is 20.1 Å². The molecule has 0 saturated heterocycles. The Morgan fingerprint density at radius 2 is 2.00 bits per heavy atom. The van der Waals surface area contributed by atoms with Crippen LogP contribution in [0.5, 0.6) is 0 Å². The summed E-state index contributed by atoms with van der Waals surface area (Å²) in [5.74, 6) is 0.0370. The van der Waals surface area contributed by atoms with Gasteiger partial charge < -0.3 is 5.11 Å². The minimum atomic E-state index is 0.0370. The SMILES string of the molecule is C=C(O)C(=C)C[CH2+]. The van der Waals surface area contributed by atoms with Gasteiger partial charge in [0.15, 0.2) is 0 Å². The van der Waals surface area contributed by atoms with Gasteiger partial charge >= 0.3 is 0 Å². The van der Waals surface area contributed by atoms with Crippen LogP contribution < -0.4 is 0 Å². The van der Waals surface area contributed by atoms with E-state index in [1.165, 1.54) is 0 Å². The first kappa shape index (κ1) is 6.15. The van der Waals surface area contributed by atoms with Crippen LogP contribution in [0.1, 0.15) is 6.42 Å². The number of allylic oxidation sites excluding steroid dienone is 1. The van der Waals surface area contributed by atoms with E-state index in [4.69, 9.17) is 5.11 Å². The lowest BCUT2D eigenvalue weighted by molar-refractivity contribution is 0.424. The molecule has 0 aliphatic heterocycles. The Bertz CT molecular complexity index is 92.4. The van der Waals surface area contributed by atoms with E-state index in [1.54, 1.807) is 0 Å². The molecule has 38 valence electrons. The number of hydrogen-bond acceptors (Lipinski definition) is 1. The van der Waals surface area contributed by atoms with Gasteiger partial charge in [-0.05, 0) is 0 Å². The van der Waals surface area contributed by atoms with Crippen molar-refractivity contribution in [2.75, 3.05) is 0 Å². The van der Waals surface area contributed by atoms with Crippen LogP contribution in [0.3, 0.4) is 0 Å². The fraction of sp³-hybridized carbons (Fsp3) is 0.167. The minimum Gasteiger partial charge on any atom is -0.508 e. The van der Waals surface area contributed by atoms with Crippen molar-refractivity contribution in [3.8, 4) is 0 Å². The Kier molecular flexibility index (Phi) is 2.06. The Morgan fingerprint density at radius 3 is 2.00 bits per heavy atom. The molecule has 0 saturated carbocycles. The largest absolute Gasteiger partial charge is 0.508 e. The molecule has 0 unspecified atom stereocenters. The van der Waals surface area contributed by atoms with Crippen molar-refractivity contribution in [2.45, 2.75) is 6.42 Å². The smallest absolute Gasteiger partial charge is 0.115 e. The highest BCUT2D eigenvalue weighted by Gasteiger charge is 1.93. The van der Waals surface area contributed by atoms with E-state index in [-0.39, 0.29) is 5.76 Å². The second-order valence-electron chi connectivity index (χ2n) is 1.30. The highest BCUT2D eigenvalue weighted by atomic mass is 16.3. The summed E-state index contributed by atoms with van der Waals surface area (Å²) in [6, 6.07) is 0. The highest BCUT2D eigenvalue weighted by Crippen LogP contribution is 2.02. The summed E-state index contributed by atoms with van der Waals surface area (Å²) in [7, 11) is 0. The zero-order valence-electron chi connectivity index (χ0n) is 4.28. The van der Waals surface area contributed by atoms with E-state index >= 15 is 0 Å². The second-order valence-corrected chi connectivity index (χ2v) is 1.30. The highest BCUT2D eigenvalue weighted by molar-refractivity contribution is 5.17. The molecule has 0 rings (SSSR count). The molecular weight excluding hydrogens is 88.1 g/mol. The molecule has 0 aliphatic rings. The van der Waals surface area contributed by atoms with E-state index in [1.807, 2.05) is 0 Å². The molecule has 7 heavy (non-hydrogen) atoms. The van der Waals surface area contributed by atoms with Crippen LogP contribution in [0, 0.1) is 6.92 Å². The number of hydrogen-bond donors (Lipinski definition) is 1. The van der Waals surface area contributed by atoms with Crippen LogP contribution in [0.4, 0.5) is 0 Å². The zero-order chi connectivity index (χ0) is 5.86. The summed E-state index contributed by atoms with van der Waals surface area (Å²) in [5, 5.41) is 8.49. The van der Waals surface area contributed by atoms with Crippen LogP contribution in [-0.2, 0) is 0 Å². The molecule has 0 atom stereocenters. The number of aliphatic hydroxyl groups excluding tert-OH is 1. The van der Waals surface area contributed by atoms with E-state index in [0.29, 0.717) is 12.0 Å². The van der Waals surface area contributed by atoms with E-state index in [9.17, 15) is 0 Å². The first-order valence-electron chi connectivity index (χ1n) is 2.03. The van der Waals surface area contributed by atoms with Crippen LogP contribution in [0.2, 0.25) is 0 Å². The van der Waals surface area contributed by atoms with Crippen molar-refractivity contribution in [3.05, 3.63) is 31.4 Å². The summed E-state index contributed by atoms with van der Waals surface area (Å²) in [4.78, 5) is 0. The molecule has 0 bridgehead atoms. The Morgan fingerprint density at radius 1 is 1.57 bits per heavy atom. The van der Waals surface area contributed by atoms with Gasteiger partial charge in [-0.3, -0.25) is 0 Å². The number of aliphatic hydroxyl groups is 1. The monoisotopic (exact) mass is 97.1 g/mol. The summed E-state index contributed by atoms with van der Waals surface area (Å²) in [6.45, 7) is 10.2. The average molecular weight is 97.1 g/mol. The van der Waals surface area contributed by atoms with Crippen molar-refractivity contribution < 1.29 is 5.11 Å². The van der Waals surface area contributed by atoms with Gasteiger partial charge in [0.2, 0.25) is 0 Å². The molecule has 1 heteroatoms. The molecule has 0 spiro atoms. The average Bonchev–Trinajstić information content (AvgIpc) is 1.65. The normalized spacial score (nSPS) is 8.00. The van der Waals surface area contributed by atoms with Crippen molar-refractivity contribution in [2.24, 2.45) is 0 Å². The molecule has 0 aromatic rings. The molecule has 0 radical (unpaired) electrons. The predicted octanol–water partition coefficient (Wildman–Crippen LogP) is 1.84. The lowest BCUT2D eigenvalue weighted by Gasteiger charge is -1.89. The molecule has 0 amide bonds. The standard InChI is InChI=1S/C6H8O/c1-4-5(2)6(3)7/h1-4H2/p+1. The lowest BCUT2D eigenvalue weighted by atomic mass is 10.2. The summed E-state index contributed by atoms with van der Waals surface area (Å²) in [6.07, 6.45) is 0.523. The zero-order valence-corrected chi connectivity index (χ0v) is 4.28. The van der Waals surface area contributed by atoms with Crippen molar-refractivity contribution >= 4 is 0 Å².